The third-order valence-electron chi connectivity index (χ3n) is 3.61. The molecule has 0 spiro atoms. The summed E-state index contributed by atoms with van der Waals surface area (Å²) in [6.45, 7) is 11.9. The fraction of sp³-hybridized carbons (Fsp3) is 0.733. The van der Waals surface area contributed by atoms with Crippen LogP contribution in [0, 0.1) is 11.8 Å². The second-order valence-electron chi connectivity index (χ2n) is 6.24. The molecule has 106 valence electrons. The van der Waals surface area contributed by atoms with Gasteiger partial charge in [-0.1, -0.05) is 20.8 Å². The number of aromatic nitrogens is 2. The summed E-state index contributed by atoms with van der Waals surface area (Å²) in [4.78, 5) is 11.5. The number of hydrogen-bond acceptors (Lipinski definition) is 4. The number of hydrogen-bond donors (Lipinski definition) is 1. The van der Waals surface area contributed by atoms with E-state index < -0.39 is 0 Å². The van der Waals surface area contributed by atoms with Crippen molar-refractivity contribution < 1.29 is 0 Å². The van der Waals surface area contributed by atoms with E-state index in [1.165, 1.54) is 6.42 Å². The zero-order valence-electron chi connectivity index (χ0n) is 12.6. The van der Waals surface area contributed by atoms with Crippen LogP contribution in [0.3, 0.4) is 0 Å². The molecule has 1 aliphatic rings. The summed E-state index contributed by atoms with van der Waals surface area (Å²) in [5, 5.41) is 3.42. The van der Waals surface area contributed by atoms with Crippen LogP contribution in [0.5, 0.6) is 0 Å². The van der Waals surface area contributed by atoms with Crippen molar-refractivity contribution >= 4 is 5.82 Å². The van der Waals surface area contributed by atoms with Crippen molar-refractivity contribution in [3.05, 3.63) is 18.1 Å². The first kappa shape index (κ1) is 14.3. The van der Waals surface area contributed by atoms with Crippen LogP contribution in [0.15, 0.2) is 12.4 Å². The standard InChI is InChI=1S/C15H26N4/c1-11(2)6-16-7-14-8-17-9-15(18-14)19-10-12(3)5-13(19)4/h8-9,11-13,16H,5-7,10H2,1-4H3. The maximum Gasteiger partial charge on any atom is 0.147 e. The number of rotatable bonds is 5. The van der Waals surface area contributed by atoms with Gasteiger partial charge in [0.15, 0.2) is 0 Å². The summed E-state index contributed by atoms with van der Waals surface area (Å²) in [6.07, 6.45) is 5.00. The Hall–Kier alpha value is -1.16. The van der Waals surface area contributed by atoms with Crippen molar-refractivity contribution in [1.82, 2.24) is 15.3 Å². The molecule has 2 atom stereocenters. The number of nitrogens with one attached hydrogen (secondary N) is 1. The van der Waals surface area contributed by atoms with E-state index in [0.29, 0.717) is 12.0 Å². The normalized spacial score (nSPS) is 23.3. The van der Waals surface area contributed by atoms with Crippen LogP contribution in [0.4, 0.5) is 5.82 Å². The molecule has 1 aromatic heterocycles. The predicted octanol–water partition coefficient (Wildman–Crippen LogP) is 2.46. The molecule has 0 radical (unpaired) electrons. The molecule has 1 N–H and O–H groups in total. The van der Waals surface area contributed by atoms with Gasteiger partial charge in [0.2, 0.25) is 0 Å². The van der Waals surface area contributed by atoms with E-state index in [4.69, 9.17) is 4.98 Å². The van der Waals surface area contributed by atoms with Gasteiger partial charge in [0.25, 0.3) is 0 Å². The SMILES string of the molecule is CC(C)CNCc1cncc(N2CC(C)CC2C)n1. The summed E-state index contributed by atoms with van der Waals surface area (Å²) >= 11 is 0. The lowest BCUT2D eigenvalue weighted by atomic mass is 10.1. The fourth-order valence-electron chi connectivity index (χ4n) is 2.73. The Bertz CT molecular complexity index is 405. The second-order valence-corrected chi connectivity index (χ2v) is 6.24. The summed E-state index contributed by atoms with van der Waals surface area (Å²) in [6, 6.07) is 0.572. The first-order valence-corrected chi connectivity index (χ1v) is 7.34. The number of nitrogens with zero attached hydrogens (tertiary/aromatic N) is 3. The molecule has 4 heteroatoms. The van der Waals surface area contributed by atoms with Crippen molar-refractivity contribution in [2.45, 2.75) is 46.7 Å². The van der Waals surface area contributed by atoms with Crippen molar-refractivity contribution in [3.63, 3.8) is 0 Å². The van der Waals surface area contributed by atoms with Gasteiger partial charge >= 0.3 is 0 Å². The van der Waals surface area contributed by atoms with Crippen LogP contribution in [0.25, 0.3) is 0 Å². The van der Waals surface area contributed by atoms with Gasteiger partial charge in [0.05, 0.1) is 11.9 Å². The third kappa shape index (κ3) is 3.90. The minimum atomic E-state index is 0.572. The Morgan fingerprint density at radius 1 is 1.37 bits per heavy atom. The van der Waals surface area contributed by atoms with Crippen LogP contribution in [0.2, 0.25) is 0 Å². The van der Waals surface area contributed by atoms with E-state index in [9.17, 15) is 0 Å². The molecule has 0 aromatic carbocycles. The highest BCUT2D eigenvalue weighted by Crippen LogP contribution is 2.26. The Morgan fingerprint density at radius 3 is 2.79 bits per heavy atom. The van der Waals surface area contributed by atoms with Crippen molar-refractivity contribution in [3.8, 4) is 0 Å². The van der Waals surface area contributed by atoms with Gasteiger partial charge in [-0.2, -0.15) is 0 Å². The molecule has 0 amide bonds. The molecule has 2 unspecified atom stereocenters. The second kappa shape index (κ2) is 6.33. The van der Waals surface area contributed by atoms with Gasteiger partial charge in [0, 0.05) is 25.3 Å². The molecule has 0 bridgehead atoms. The lowest BCUT2D eigenvalue weighted by Gasteiger charge is -2.22. The van der Waals surface area contributed by atoms with Gasteiger partial charge in [-0.3, -0.25) is 4.98 Å². The topological polar surface area (TPSA) is 41.1 Å². The highest BCUT2D eigenvalue weighted by atomic mass is 15.2. The van der Waals surface area contributed by atoms with E-state index in [0.717, 1.165) is 37.1 Å². The van der Waals surface area contributed by atoms with Crippen LogP contribution in [-0.2, 0) is 6.54 Å². The van der Waals surface area contributed by atoms with Gasteiger partial charge in [-0.05, 0) is 31.7 Å². The first-order valence-electron chi connectivity index (χ1n) is 7.34. The monoisotopic (exact) mass is 262 g/mol. The molecule has 2 heterocycles. The van der Waals surface area contributed by atoms with Crippen molar-refractivity contribution in [2.24, 2.45) is 11.8 Å². The molecule has 0 saturated carbocycles. The molecular formula is C15H26N4. The predicted molar refractivity (Wildman–Crippen MR) is 79.2 cm³/mol. The van der Waals surface area contributed by atoms with E-state index in [2.05, 4.69) is 42.9 Å². The molecule has 1 fully saturated rings. The largest absolute Gasteiger partial charge is 0.352 e. The van der Waals surface area contributed by atoms with Crippen LogP contribution < -0.4 is 10.2 Å². The summed E-state index contributed by atoms with van der Waals surface area (Å²) < 4.78 is 0. The summed E-state index contributed by atoms with van der Waals surface area (Å²) in [5.41, 5.74) is 1.03. The van der Waals surface area contributed by atoms with E-state index in [1.807, 2.05) is 12.4 Å². The molecule has 4 nitrogen and oxygen atoms in total. The zero-order chi connectivity index (χ0) is 13.8. The molecule has 2 rings (SSSR count). The quantitative estimate of drug-likeness (QED) is 0.885. The Balaban J connectivity index is 1.99. The van der Waals surface area contributed by atoms with Crippen molar-refractivity contribution in [2.75, 3.05) is 18.0 Å². The lowest BCUT2D eigenvalue weighted by Crippen LogP contribution is -2.28. The molecule has 1 aliphatic heterocycles. The van der Waals surface area contributed by atoms with E-state index in [-0.39, 0.29) is 0 Å². The lowest BCUT2D eigenvalue weighted by molar-refractivity contribution is 0.547. The molecular weight excluding hydrogens is 236 g/mol. The maximum atomic E-state index is 4.74. The maximum absolute atomic E-state index is 4.74. The molecule has 0 aliphatic carbocycles. The highest BCUT2D eigenvalue weighted by molar-refractivity contribution is 5.39. The van der Waals surface area contributed by atoms with E-state index >= 15 is 0 Å². The summed E-state index contributed by atoms with van der Waals surface area (Å²) in [7, 11) is 0. The van der Waals surface area contributed by atoms with Crippen LogP contribution in [-0.4, -0.2) is 29.1 Å². The Labute approximate surface area is 116 Å². The average molecular weight is 262 g/mol. The van der Waals surface area contributed by atoms with Gasteiger partial charge in [0.1, 0.15) is 5.82 Å². The van der Waals surface area contributed by atoms with Gasteiger partial charge in [-0.15, -0.1) is 0 Å². The molecule has 1 aromatic rings. The first-order chi connectivity index (χ1) is 9.06. The van der Waals surface area contributed by atoms with Crippen LogP contribution in [0.1, 0.15) is 39.8 Å². The minimum absolute atomic E-state index is 0.572. The molecule has 1 saturated heterocycles. The minimum Gasteiger partial charge on any atom is -0.352 e. The smallest absolute Gasteiger partial charge is 0.147 e. The zero-order valence-corrected chi connectivity index (χ0v) is 12.6. The van der Waals surface area contributed by atoms with Gasteiger partial charge in [-0.25, -0.2) is 4.98 Å². The average Bonchev–Trinajstić information content (AvgIpc) is 2.68. The third-order valence-corrected chi connectivity index (χ3v) is 3.61. The molecule has 19 heavy (non-hydrogen) atoms. The van der Waals surface area contributed by atoms with Crippen LogP contribution >= 0.6 is 0 Å². The Kier molecular flexibility index (Phi) is 4.75. The number of anilines is 1. The fourth-order valence-corrected chi connectivity index (χ4v) is 2.73. The summed E-state index contributed by atoms with van der Waals surface area (Å²) in [5.74, 6) is 2.44. The van der Waals surface area contributed by atoms with Crippen molar-refractivity contribution in [1.29, 1.82) is 0 Å². The van der Waals surface area contributed by atoms with E-state index in [1.54, 1.807) is 0 Å². The highest BCUT2D eigenvalue weighted by Gasteiger charge is 2.27. The van der Waals surface area contributed by atoms with Gasteiger partial charge < -0.3 is 10.2 Å². The Morgan fingerprint density at radius 2 is 2.16 bits per heavy atom.